The van der Waals surface area contributed by atoms with Crippen LogP contribution >= 0.6 is 0 Å². The zero-order valence-corrected chi connectivity index (χ0v) is 10.9. The van der Waals surface area contributed by atoms with E-state index in [1.807, 2.05) is 6.08 Å². The van der Waals surface area contributed by atoms with Crippen molar-refractivity contribution in [3.63, 3.8) is 0 Å². The first-order chi connectivity index (χ1) is 7.45. The second kappa shape index (κ2) is 5.47. The van der Waals surface area contributed by atoms with Crippen LogP contribution in [0.1, 0.15) is 52.9 Å². The molecule has 0 amide bonds. The average Bonchev–Trinajstić information content (AvgIpc) is 2.19. The summed E-state index contributed by atoms with van der Waals surface area (Å²) in [6.07, 6.45) is 8.90. The van der Waals surface area contributed by atoms with Crippen LogP contribution in [0.25, 0.3) is 0 Å². The maximum atomic E-state index is 11.8. The minimum absolute atomic E-state index is 0.282. The van der Waals surface area contributed by atoms with Gasteiger partial charge in [-0.05, 0) is 42.6 Å². The third kappa shape index (κ3) is 3.62. The van der Waals surface area contributed by atoms with E-state index in [2.05, 4.69) is 33.4 Å². The second-order valence-electron chi connectivity index (χ2n) is 5.81. The van der Waals surface area contributed by atoms with Gasteiger partial charge in [0.05, 0.1) is 0 Å². The molecular weight excluding hydrogens is 196 g/mol. The normalized spacial score (nSPS) is 21.8. The van der Waals surface area contributed by atoms with Crippen LogP contribution in [0.15, 0.2) is 24.3 Å². The van der Waals surface area contributed by atoms with Crippen molar-refractivity contribution in [2.75, 3.05) is 0 Å². The van der Waals surface area contributed by atoms with Crippen LogP contribution in [0.2, 0.25) is 0 Å². The number of allylic oxidation sites excluding steroid dienone is 3. The predicted octanol–water partition coefficient (Wildman–Crippen LogP) is 4.29. The van der Waals surface area contributed by atoms with Crippen LogP contribution in [0.5, 0.6) is 0 Å². The van der Waals surface area contributed by atoms with E-state index >= 15 is 0 Å². The molecule has 16 heavy (non-hydrogen) atoms. The summed E-state index contributed by atoms with van der Waals surface area (Å²) in [6.45, 7) is 10.5. The number of unbranched alkanes of at least 4 members (excludes halogenated alkanes) is 1. The van der Waals surface area contributed by atoms with Crippen molar-refractivity contribution in [1.29, 1.82) is 0 Å². The Bertz CT molecular complexity index is 291. The van der Waals surface area contributed by atoms with Gasteiger partial charge in [-0.3, -0.25) is 4.79 Å². The van der Waals surface area contributed by atoms with Gasteiger partial charge in [-0.1, -0.05) is 32.9 Å². The van der Waals surface area contributed by atoms with Gasteiger partial charge in [0.15, 0.2) is 5.78 Å². The van der Waals surface area contributed by atoms with Gasteiger partial charge in [0.1, 0.15) is 0 Å². The molecule has 0 bridgehead atoms. The van der Waals surface area contributed by atoms with E-state index in [0.29, 0.717) is 11.7 Å². The zero-order chi connectivity index (χ0) is 12.2. The topological polar surface area (TPSA) is 17.1 Å². The molecule has 1 atom stereocenters. The minimum Gasteiger partial charge on any atom is -0.295 e. The van der Waals surface area contributed by atoms with Gasteiger partial charge in [-0.25, -0.2) is 0 Å². The third-order valence-corrected chi connectivity index (χ3v) is 3.41. The van der Waals surface area contributed by atoms with Gasteiger partial charge in [0.25, 0.3) is 0 Å². The molecule has 0 spiro atoms. The Morgan fingerprint density at radius 1 is 1.50 bits per heavy atom. The molecule has 0 radical (unpaired) electrons. The summed E-state index contributed by atoms with van der Waals surface area (Å²) in [5, 5.41) is 0. The zero-order valence-electron chi connectivity index (χ0n) is 10.9. The molecule has 1 aliphatic carbocycles. The van der Waals surface area contributed by atoms with E-state index < -0.39 is 0 Å². The molecule has 0 aromatic rings. The third-order valence-electron chi connectivity index (χ3n) is 3.41. The fourth-order valence-corrected chi connectivity index (χ4v) is 2.21. The molecule has 1 heteroatoms. The molecule has 0 aromatic heterocycles. The van der Waals surface area contributed by atoms with Crippen molar-refractivity contribution in [2.24, 2.45) is 11.3 Å². The summed E-state index contributed by atoms with van der Waals surface area (Å²) in [5.74, 6) is 0.925. The maximum absolute atomic E-state index is 11.8. The number of carbonyl (C=O) groups is 1. The minimum atomic E-state index is 0.282. The standard InChI is InChI=1S/C15H24O/c1-5-6-7-8-12-11-13(15(2,3)4)9-10-14(12)16/h5,11,13H,1,6-10H2,2-4H3. The Morgan fingerprint density at radius 2 is 2.19 bits per heavy atom. The second-order valence-corrected chi connectivity index (χ2v) is 5.81. The Hall–Kier alpha value is -0.850. The summed E-state index contributed by atoms with van der Waals surface area (Å²) >= 11 is 0. The van der Waals surface area contributed by atoms with Crippen molar-refractivity contribution >= 4 is 5.78 Å². The van der Waals surface area contributed by atoms with Gasteiger partial charge < -0.3 is 0 Å². The van der Waals surface area contributed by atoms with Crippen LogP contribution in [0, 0.1) is 11.3 Å². The van der Waals surface area contributed by atoms with Gasteiger partial charge in [-0.2, -0.15) is 0 Å². The van der Waals surface area contributed by atoms with Crippen molar-refractivity contribution in [1.82, 2.24) is 0 Å². The van der Waals surface area contributed by atoms with Gasteiger partial charge in [-0.15, -0.1) is 6.58 Å². The molecule has 90 valence electrons. The molecule has 1 rings (SSSR count). The first-order valence-corrected chi connectivity index (χ1v) is 6.30. The monoisotopic (exact) mass is 220 g/mol. The van der Waals surface area contributed by atoms with Gasteiger partial charge in [0.2, 0.25) is 0 Å². The summed E-state index contributed by atoms with van der Waals surface area (Å²) in [5.41, 5.74) is 1.35. The van der Waals surface area contributed by atoms with E-state index in [9.17, 15) is 4.79 Å². The summed E-state index contributed by atoms with van der Waals surface area (Å²) in [4.78, 5) is 11.8. The van der Waals surface area contributed by atoms with E-state index in [4.69, 9.17) is 0 Å². The van der Waals surface area contributed by atoms with Crippen molar-refractivity contribution < 1.29 is 4.79 Å². The number of carbonyl (C=O) groups excluding carboxylic acids is 1. The van der Waals surface area contributed by atoms with Crippen LogP contribution in [0.3, 0.4) is 0 Å². The highest BCUT2D eigenvalue weighted by atomic mass is 16.1. The number of hydrogen-bond acceptors (Lipinski definition) is 1. The fraction of sp³-hybridized carbons (Fsp3) is 0.667. The van der Waals surface area contributed by atoms with E-state index in [1.165, 1.54) is 0 Å². The predicted molar refractivity (Wildman–Crippen MR) is 69.3 cm³/mol. The number of hydrogen-bond donors (Lipinski definition) is 0. The Balaban J connectivity index is 2.67. The molecule has 1 nitrogen and oxygen atoms in total. The molecule has 1 aliphatic rings. The lowest BCUT2D eigenvalue weighted by molar-refractivity contribution is -0.116. The molecule has 0 aliphatic heterocycles. The average molecular weight is 220 g/mol. The smallest absolute Gasteiger partial charge is 0.158 e. The highest BCUT2D eigenvalue weighted by Crippen LogP contribution is 2.36. The highest BCUT2D eigenvalue weighted by molar-refractivity contribution is 5.96. The Kier molecular flexibility index (Phi) is 4.52. The Morgan fingerprint density at radius 3 is 2.75 bits per heavy atom. The van der Waals surface area contributed by atoms with Gasteiger partial charge in [0, 0.05) is 6.42 Å². The van der Waals surface area contributed by atoms with Crippen LogP contribution in [0.4, 0.5) is 0 Å². The fourth-order valence-electron chi connectivity index (χ4n) is 2.21. The van der Waals surface area contributed by atoms with E-state index in [1.54, 1.807) is 0 Å². The van der Waals surface area contributed by atoms with Crippen molar-refractivity contribution in [3.05, 3.63) is 24.3 Å². The number of Topliss-reactive ketones (excluding diaryl/α,β-unsaturated/α-hetero) is 1. The summed E-state index contributed by atoms with van der Waals surface area (Å²) < 4.78 is 0. The highest BCUT2D eigenvalue weighted by Gasteiger charge is 2.28. The molecule has 0 fully saturated rings. The lowest BCUT2D eigenvalue weighted by Gasteiger charge is -2.31. The number of rotatable bonds is 4. The largest absolute Gasteiger partial charge is 0.295 e. The first kappa shape index (κ1) is 13.2. The SMILES string of the molecule is C=CCCCC1=CC(C(C)(C)C)CCC1=O. The van der Waals surface area contributed by atoms with Crippen LogP contribution < -0.4 is 0 Å². The summed E-state index contributed by atoms with van der Waals surface area (Å²) in [6, 6.07) is 0. The molecule has 0 N–H and O–H groups in total. The molecule has 0 saturated carbocycles. The number of ketones is 1. The Labute approximate surface area is 99.6 Å². The lowest BCUT2D eigenvalue weighted by Crippen LogP contribution is -2.24. The van der Waals surface area contributed by atoms with Crippen LogP contribution in [-0.4, -0.2) is 5.78 Å². The molecule has 1 unspecified atom stereocenters. The molecule has 0 heterocycles. The van der Waals surface area contributed by atoms with E-state index in [-0.39, 0.29) is 5.41 Å². The molecule has 0 aromatic carbocycles. The molecule has 0 saturated heterocycles. The quantitative estimate of drug-likeness (QED) is 0.510. The lowest BCUT2D eigenvalue weighted by atomic mass is 9.73. The van der Waals surface area contributed by atoms with Crippen LogP contribution in [-0.2, 0) is 4.79 Å². The van der Waals surface area contributed by atoms with Crippen molar-refractivity contribution in [3.8, 4) is 0 Å². The maximum Gasteiger partial charge on any atom is 0.158 e. The summed E-state index contributed by atoms with van der Waals surface area (Å²) in [7, 11) is 0. The van der Waals surface area contributed by atoms with Gasteiger partial charge >= 0.3 is 0 Å². The first-order valence-electron chi connectivity index (χ1n) is 6.30. The van der Waals surface area contributed by atoms with Crippen molar-refractivity contribution in [2.45, 2.75) is 52.9 Å². The molecular formula is C15H24O. The van der Waals surface area contributed by atoms with E-state index in [0.717, 1.165) is 37.7 Å².